The van der Waals surface area contributed by atoms with Crippen LogP contribution in [-0.2, 0) is 4.79 Å². The van der Waals surface area contributed by atoms with Crippen molar-refractivity contribution in [2.24, 2.45) is 0 Å². The summed E-state index contributed by atoms with van der Waals surface area (Å²) in [6, 6.07) is 4.67. The van der Waals surface area contributed by atoms with E-state index in [9.17, 15) is 14.9 Å². The van der Waals surface area contributed by atoms with Crippen molar-refractivity contribution in [1.82, 2.24) is 0 Å². The summed E-state index contributed by atoms with van der Waals surface area (Å²) >= 11 is 0. The zero-order valence-corrected chi connectivity index (χ0v) is 10.4. The minimum absolute atomic E-state index is 0.0423. The molecule has 0 bridgehead atoms. The molecule has 0 aliphatic heterocycles. The highest BCUT2D eigenvalue weighted by atomic mass is 16.6. The second-order valence-corrected chi connectivity index (χ2v) is 4.15. The molecule has 0 aliphatic rings. The van der Waals surface area contributed by atoms with Crippen LogP contribution in [0, 0.1) is 17.0 Å². The first-order chi connectivity index (χ1) is 8.41. The Bertz CT molecular complexity index is 459. The Labute approximate surface area is 105 Å². The minimum Gasteiger partial charge on any atom is -0.481 e. The number of aryl methyl sites for hydroxylation is 1. The lowest BCUT2D eigenvalue weighted by molar-refractivity contribution is -0.384. The van der Waals surface area contributed by atoms with Gasteiger partial charge in [0.2, 0.25) is 0 Å². The molecule has 6 heteroatoms. The summed E-state index contributed by atoms with van der Waals surface area (Å²) in [4.78, 5) is 22.5. The molecule has 0 atom stereocenters. The van der Waals surface area contributed by atoms with Crippen LogP contribution in [0.25, 0.3) is 0 Å². The van der Waals surface area contributed by atoms with E-state index in [0.29, 0.717) is 13.0 Å². The molecule has 0 heterocycles. The number of nitro groups is 1. The number of carbonyl (C=O) groups is 1. The molecule has 0 radical (unpaired) electrons. The van der Waals surface area contributed by atoms with E-state index in [1.165, 1.54) is 12.1 Å². The van der Waals surface area contributed by atoms with Gasteiger partial charge in [-0.1, -0.05) is 6.07 Å². The van der Waals surface area contributed by atoms with Gasteiger partial charge in [-0.2, -0.15) is 0 Å². The quantitative estimate of drug-likeness (QED) is 0.619. The first-order valence-corrected chi connectivity index (χ1v) is 5.60. The predicted molar refractivity (Wildman–Crippen MR) is 68.0 cm³/mol. The number of hydrogen-bond acceptors (Lipinski definition) is 4. The molecule has 0 unspecified atom stereocenters. The topological polar surface area (TPSA) is 83.7 Å². The van der Waals surface area contributed by atoms with Crippen LogP contribution in [0.2, 0.25) is 0 Å². The van der Waals surface area contributed by atoms with Crippen molar-refractivity contribution in [2.45, 2.75) is 19.8 Å². The van der Waals surface area contributed by atoms with E-state index in [2.05, 4.69) is 0 Å². The third kappa shape index (κ3) is 3.73. The fourth-order valence-electron chi connectivity index (χ4n) is 1.71. The van der Waals surface area contributed by atoms with Crippen LogP contribution < -0.4 is 4.90 Å². The molecule has 0 saturated heterocycles. The van der Waals surface area contributed by atoms with Crippen molar-refractivity contribution in [3.8, 4) is 0 Å². The van der Waals surface area contributed by atoms with Crippen LogP contribution in [0.4, 0.5) is 11.4 Å². The second kappa shape index (κ2) is 6.00. The number of anilines is 1. The van der Waals surface area contributed by atoms with Gasteiger partial charge in [-0.05, 0) is 18.9 Å². The van der Waals surface area contributed by atoms with Crippen LogP contribution in [0.3, 0.4) is 0 Å². The first kappa shape index (κ1) is 14.0. The van der Waals surface area contributed by atoms with Gasteiger partial charge in [-0.3, -0.25) is 14.9 Å². The van der Waals surface area contributed by atoms with E-state index in [1.54, 1.807) is 13.1 Å². The maximum absolute atomic E-state index is 10.7. The lowest BCUT2D eigenvalue weighted by Crippen LogP contribution is -2.20. The molecule has 0 aromatic heterocycles. The highest BCUT2D eigenvalue weighted by Crippen LogP contribution is 2.24. The van der Waals surface area contributed by atoms with E-state index in [4.69, 9.17) is 5.11 Å². The predicted octanol–water partition coefficient (Wildman–Crippen LogP) is 2.20. The Morgan fingerprint density at radius 3 is 2.72 bits per heavy atom. The molecule has 6 nitrogen and oxygen atoms in total. The Morgan fingerprint density at radius 1 is 1.50 bits per heavy atom. The highest BCUT2D eigenvalue weighted by Gasteiger charge is 2.11. The average molecular weight is 252 g/mol. The second-order valence-electron chi connectivity index (χ2n) is 4.15. The molecule has 0 amide bonds. The van der Waals surface area contributed by atoms with Crippen molar-refractivity contribution < 1.29 is 14.8 Å². The SMILES string of the molecule is Cc1ccc([N+](=O)[O-])cc1N(C)CCCC(=O)O. The van der Waals surface area contributed by atoms with Gasteiger partial charge in [0.1, 0.15) is 0 Å². The maximum Gasteiger partial charge on any atom is 0.303 e. The summed E-state index contributed by atoms with van der Waals surface area (Å²) in [5.41, 5.74) is 1.73. The number of carboxylic acids is 1. The summed E-state index contributed by atoms with van der Waals surface area (Å²) in [5, 5.41) is 19.3. The van der Waals surface area contributed by atoms with Crippen LogP contribution >= 0.6 is 0 Å². The van der Waals surface area contributed by atoms with E-state index in [1.807, 2.05) is 11.8 Å². The molecule has 1 N–H and O–H groups in total. The number of non-ortho nitro benzene ring substituents is 1. The third-order valence-corrected chi connectivity index (χ3v) is 2.70. The molecule has 0 saturated carbocycles. The van der Waals surface area contributed by atoms with Crippen molar-refractivity contribution >= 4 is 17.3 Å². The number of nitro benzene ring substituents is 1. The number of hydrogen-bond donors (Lipinski definition) is 1. The summed E-state index contributed by atoms with van der Waals surface area (Å²) in [7, 11) is 1.80. The van der Waals surface area contributed by atoms with E-state index in [-0.39, 0.29) is 12.1 Å². The number of nitrogens with zero attached hydrogens (tertiary/aromatic N) is 2. The summed E-state index contributed by atoms with van der Waals surface area (Å²) in [6.45, 7) is 2.42. The third-order valence-electron chi connectivity index (χ3n) is 2.70. The summed E-state index contributed by atoms with van der Waals surface area (Å²) in [6.07, 6.45) is 0.603. The van der Waals surface area contributed by atoms with E-state index < -0.39 is 10.9 Å². The Balaban J connectivity index is 2.77. The molecule has 98 valence electrons. The molecule has 0 fully saturated rings. The lowest BCUT2D eigenvalue weighted by atomic mass is 10.1. The van der Waals surface area contributed by atoms with Gasteiger partial charge in [0, 0.05) is 37.8 Å². The number of rotatable bonds is 6. The minimum atomic E-state index is -0.834. The standard InChI is InChI=1S/C12H16N2O4/c1-9-5-6-10(14(17)18)8-11(9)13(2)7-3-4-12(15)16/h5-6,8H,3-4,7H2,1-2H3,(H,15,16). The van der Waals surface area contributed by atoms with Crippen molar-refractivity contribution in [1.29, 1.82) is 0 Å². The van der Waals surface area contributed by atoms with Crippen molar-refractivity contribution in [3.05, 3.63) is 33.9 Å². The Kier molecular flexibility index (Phi) is 4.65. The molecule has 0 aliphatic carbocycles. The molecular formula is C12H16N2O4. The Morgan fingerprint density at radius 2 is 2.17 bits per heavy atom. The number of carboxylic acid groups (broad SMARTS) is 1. The molecule has 1 rings (SSSR count). The molecule has 0 spiro atoms. The van der Waals surface area contributed by atoms with Gasteiger partial charge >= 0.3 is 5.97 Å². The smallest absolute Gasteiger partial charge is 0.303 e. The van der Waals surface area contributed by atoms with Gasteiger partial charge in [0.25, 0.3) is 5.69 Å². The van der Waals surface area contributed by atoms with E-state index >= 15 is 0 Å². The fourth-order valence-corrected chi connectivity index (χ4v) is 1.71. The highest BCUT2D eigenvalue weighted by molar-refractivity contribution is 5.66. The van der Waals surface area contributed by atoms with Crippen LogP contribution in [0.5, 0.6) is 0 Å². The lowest BCUT2D eigenvalue weighted by Gasteiger charge is -2.20. The number of aliphatic carboxylic acids is 1. The maximum atomic E-state index is 10.7. The van der Waals surface area contributed by atoms with Gasteiger partial charge in [-0.15, -0.1) is 0 Å². The van der Waals surface area contributed by atoms with E-state index in [0.717, 1.165) is 11.3 Å². The van der Waals surface area contributed by atoms with Crippen LogP contribution in [0.15, 0.2) is 18.2 Å². The van der Waals surface area contributed by atoms with Gasteiger partial charge in [0.15, 0.2) is 0 Å². The van der Waals surface area contributed by atoms with Crippen LogP contribution in [0.1, 0.15) is 18.4 Å². The Hall–Kier alpha value is -2.11. The average Bonchev–Trinajstić information content (AvgIpc) is 2.28. The van der Waals surface area contributed by atoms with Crippen molar-refractivity contribution in [3.63, 3.8) is 0 Å². The van der Waals surface area contributed by atoms with Gasteiger partial charge < -0.3 is 10.0 Å². The van der Waals surface area contributed by atoms with Gasteiger partial charge in [0.05, 0.1) is 4.92 Å². The van der Waals surface area contributed by atoms with Gasteiger partial charge in [-0.25, -0.2) is 0 Å². The zero-order chi connectivity index (χ0) is 13.7. The molecule has 1 aromatic carbocycles. The normalized spacial score (nSPS) is 10.1. The monoisotopic (exact) mass is 252 g/mol. The number of benzene rings is 1. The summed E-state index contributed by atoms with van der Waals surface area (Å²) in [5.74, 6) is -0.834. The largest absolute Gasteiger partial charge is 0.481 e. The zero-order valence-electron chi connectivity index (χ0n) is 10.4. The summed E-state index contributed by atoms with van der Waals surface area (Å²) < 4.78 is 0. The first-order valence-electron chi connectivity index (χ1n) is 5.60. The molecule has 1 aromatic rings. The molecular weight excluding hydrogens is 236 g/mol. The molecule has 18 heavy (non-hydrogen) atoms. The van der Waals surface area contributed by atoms with Crippen molar-refractivity contribution in [2.75, 3.05) is 18.5 Å². The fraction of sp³-hybridized carbons (Fsp3) is 0.417. The van der Waals surface area contributed by atoms with Crippen LogP contribution in [-0.4, -0.2) is 29.6 Å².